The zero-order chi connectivity index (χ0) is 17.5. The van der Waals surface area contributed by atoms with Crippen LogP contribution in [0.3, 0.4) is 0 Å². The van der Waals surface area contributed by atoms with Crippen molar-refractivity contribution in [3.8, 4) is 0 Å². The van der Waals surface area contributed by atoms with Crippen LogP contribution < -0.4 is 10.6 Å². The summed E-state index contributed by atoms with van der Waals surface area (Å²) < 4.78 is 0. The Kier molecular flexibility index (Phi) is 6.52. The lowest BCUT2D eigenvalue weighted by molar-refractivity contribution is -0.121. The third-order valence-corrected chi connectivity index (χ3v) is 4.74. The Hall–Kier alpha value is -2.18. The van der Waals surface area contributed by atoms with Crippen LogP contribution >= 0.6 is 11.3 Å². The van der Waals surface area contributed by atoms with E-state index in [1.807, 2.05) is 37.4 Å². The van der Waals surface area contributed by atoms with Crippen molar-refractivity contribution in [1.82, 2.24) is 5.32 Å². The van der Waals surface area contributed by atoms with Crippen LogP contribution in [0.1, 0.15) is 34.1 Å². The van der Waals surface area contributed by atoms with Gasteiger partial charge in [0.1, 0.15) is 0 Å². The Morgan fingerprint density at radius 1 is 1.21 bits per heavy atom. The predicted octanol–water partition coefficient (Wildman–Crippen LogP) is 2.74. The van der Waals surface area contributed by atoms with Crippen molar-refractivity contribution in [3.05, 3.63) is 51.7 Å². The second-order valence-corrected chi connectivity index (χ2v) is 6.53. The average molecular weight is 346 g/mol. The first-order valence-corrected chi connectivity index (χ1v) is 8.76. The summed E-state index contributed by atoms with van der Waals surface area (Å²) in [6.45, 7) is 3.76. The lowest BCUT2D eigenvalue weighted by Gasteiger charge is -2.14. The highest BCUT2D eigenvalue weighted by Gasteiger charge is 2.12. The molecule has 1 aromatic carbocycles. The zero-order valence-electron chi connectivity index (χ0n) is 13.8. The Bertz CT molecular complexity index is 691. The molecule has 1 unspecified atom stereocenters. The fourth-order valence-electron chi connectivity index (χ4n) is 2.24. The minimum absolute atomic E-state index is 0.0602. The largest absolute Gasteiger partial charge is 0.394 e. The quantitative estimate of drug-likeness (QED) is 0.721. The van der Waals surface area contributed by atoms with E-state index in [1.165, 1.54) is 11.3 Å². The Balaban J connectivity index is 1.92. The zero-order valence-corrected chi connectivity index (χ0v) is 14.7. The Morgan fingerprint density at radius 2 is 1.92 bits per heavy atom. The predicted molar refractivity (Wildman–Crippen MR) is 96.5 cm³/mol. The van der Waals surface area contributed by atoms with Gasteiger partial charge in [0.15, 0.2) is 0 Å². The smallest absolute Gasteiger partial charge is 0.265 e. The van der Waals surface area contributed by atoms with Crippen LogP contribution in [0.15, 0.2) is 35.7 Å². The summed E-state index contributed by atoms with van der Waals surface area (Å²) in [4.78, 5) is 24.8. The number of amides is 2. The van der Waals surface area contributed by atoms with Crippen molar-refractivity contribution in [2.75, 3.05) is 11.9 Å². The Morgan fingerprint density at radius 3 is 2.46 bits per heavy atom. The van der Waals surface area contributed by atoms with E-state index < -0.39 is 0 Å². The number of benzene rings is 1. The molecular formula is C18H22N2O3S. The lowest BCUT2D eigenvalue weighted by Crippen LogP contribution is -2.37. The third-order valence-electron chi connectivity index (χ3n) is 3.72. The van der Waals surface area contributed by atoms with Crippen LogP contribution in [0.4, 0.5) is 5.69 Å². The number of carbonyl (C=O) groups is 2. The molecule has 1 atom stereocenters. The highest BCUT2D eigenvalue weighted by Crippen LogP contribution is 2.18. The van der Waals surface area contributed by atoms with Gasteiger partial charge < -0.3 is 15.7 Å². The van der Waals surface area contributed by atoms with E-state index in [1.54, 1.807) is 12.1 Å². The number of carbonyl (C=O) groups excluding carboxylic acids is 2. The van der Waals surface area contributed by atoms with Gasteiger partial charge in [-0.3, -0.25) is 9.59 Å². The molecule has 6 heteroatoms. The summed E-state index contributed by atoms with van der Waals surface area (Å²) >= 11 is 1.41. The molecule has 0 spiro atoms. The SMILES string of the molecule is CCC(CO)NC(=O)Cc1ccc(NC(=O)c2sccc2C)cc1. The lowest BCUT2D eigenvalue weighted by atomic mass is 10.1. The first-order chi connectivity index (χ1) is 11.5. The summed E-state index contributed by atoms with van der Waals surface area (Å²) in [6, 6.07) is 8.91. The number of aryl methyl sites for hydroxylation is 1. The first-order valence-electron chi connectivity index (χ1n) is 7.88. The fourth-order valence-corrected chi connectivity index (χ4v) is 3.06. The number of aliphatic hydroxyl groups is 1. The molecule has 0 saturated carbocycles. The van der Waals surface area contributed by atoms with E-state index in [4.69, 9.17) is 5.11 Å². The van der Waals surface area contributed by atoms with Gasteiger partial charge in [-0.1, -0.05) is 19.1 Å². The first kappa shape index (κ1) is 18.2. The number of rotatable bonds is 7. The van der Waals surface area contributed by atoms with E-state index in [9.17, 15) is 9.59 Å². The number of nitrogens with one attached hydrogen (secondary N) is 2. The molecule has 0 bridgehead atoms. The van der Waals surface area contributed by atoms with E-state index in [2.05, 4.69) is 10.6 Å². The van der Waals surface area contributed by atoms with Crippen LogP contribution in [-0.2, 0) is 11.2 Å². The molecule has 1 heterocycles. The average Bonchev–Trinajstić information content (AvgIpc) is 3.00. The molecule has 0 aliphatic rings. The van der Waals surface area contributed by atoms with Gasteiger partial charge in [-0.05, 0) is 48.1 Å². The molecule has 24 heavy (non-hydrogen) atoms. The highest BCUT2D eigenvalue weighted by molar-refractivity contribution is 7.12. The van der Waals surface area contributed by atoms with Gasteiger partial charge in [0, 0.05) is 5.69 Å². The second-order valence-electron chi connectivity index (χ2n) is 5.62. The van der Waals surface area contributed by atoms with Crippen LogP contribution in [0.25, 0.3) is 0 Å². The molecule has 0 radical (unpaired) electrons. The van der Waals surface area contributed by atoms with Gasteiger partial charge in [0.2, 0.25) is 5.91 Å². The minimum Gasteiger partial charge on any atom is -0.394 e. The minimum atomic E-state index is -0.204. The third kappa shape index (κ3) is 4.91. The molecule has 0 aliphatic carbocycles. The maximum Gasteiger partial charge on any atom is 0.265 e. The number of thiophene rings is 1. The molecule has 3 N–H and O–H groups in total. The van der Waals surface area contributed by atoms with Gasteiger partial charge in [-0.25, -0.2) is 0 Å². The number of anilines is 1. The standard InChI is InChI=1S/C18H22N2O3S/c1-3-14(11-21)19-16(22)10-13-4-6-15(7-5-13)20-18(23)17-12(2)8-9-24-17/h4-9,14,21H,3,10-11H2,1-2H3,(H,19,22)(H,20,23). The number of hydrogen-bond donors (Lipinski definition) is 3. The van der Waals surface area contributed by atoms with E-state index >= 15 is 0 Å². The maximum atomic E-state index is 12.2. The molecule has 1 aromatic heterocycles. The normalized spacial score (nSPS) is 11.8. The maximum absolute atomic E-state index is 12.2. The topological polar surface area (TPSA) is 78.4 Å². The molecule has 2 aromatic rings. The molecule has 2 rings (SSSR count). The molecule has 0 fully saturated rings. The van der Waals surface area contributed by atoms with Crippen molar-refractivity contribution in [1.29, 1.82) is 0 Å². The van der Waals surface area contributed by atoms with Crippen LogP contribution in [-0.4, -0.2) is 29.6 Å². The summed E-state index contributed by atoms with van der Waals surface area (Å²) in [5, 5.41) is 16.6. The van der Waals surface area contributed by atoms with Crippen LogP contribution in [0.5, 0.6) is 0 Å². The summed E-state index contributed by atoms with van der Waals surface area (Å²) in [5.41, 5.74) is 2.50. The Labute approximate surface area is 145 Å². The number of hydrogen-bond acceptors (Lipinski definition) is 4. The highest BCUT2D eigenvalue weighted by atomic mass is 32.1. The van der Waals surface area contributed by atoms with Gasteiger partial charge >= 0.3 is 0 Å². The molecule has 2 amide bonds. The summed E-state index contributed by atoms with van der Waals surface area (Å²) in [6.07, 6.45) is 0.935. The molecule has 0 saturated heterocycles. The van der Waals surface area contributed by atoms with Gasteiger partial charge in [0.05, 0.1) is 23.9 Å². The van der Waals surface area contributed by atoms with E-state index in [-0.39, 0.29) is 30.9 Å². The van der Waals surface area contributed by atoms with Crippen LogP contribution in [0, 0.1) is 6.92 Å². The molecule has 128 valence electrons. The fraction of sp³-hybridized carbons (Fsp3) is 0.333. The van der Waals surface area contributed by atoms with E-state index in [0.717, 1.165) is 11.1 Å². The summed E-state index contributed by atoms with van der Waals surface area (Å²) in [5.74, 6) is -0.247. The van der Waals surface area contributed by atoms with Crippen molar-refractivity contribution in [2.45, 2.75) is 32.7 Å². The van der Waals surface area contributed by atoms with Crippen molar-refractivity contribution in [2.24, 2.45) is 0 Å². The van der Waals surface area contributed by atoms with Gasteiger partial charge in [-0.15, -0.1) is 11.3 Å². The van der Waals surface area contributed by atoms with Crippen molar-refractivity contribution < 1.29 is 14.7 Å². The van der Waals surface area contributed by atoms with Crippen LogP contribution in [0.2, 0.25) is 0 Å². The monoisotopic (exact) mass is 346 g/mol. The number of aliphatic hydroxyl groups excluding tert-OH is 1. The molecule has 0 aliphatic heterocycles. The second kappa shape index (κ2) is 8.61. The molecular weight excluding hydrogens is 324 g/mol. The van der Waals surface area contributed by atoms with Gasteiger partial charge in [-0.2, -0.15) is 0 Å². The summed E-state index contributed by atoms with van der Waals surface area (Å²) in [7, 11) is 0. The molecule has 5 nitrogen and oxygen atoms in total. The van der Waals surface area contributed by atoms with Gasteiger partial charge in [0.25, 0.3) is 5.91 Å². The van der Waals surface area contributed by atoms with E-state index in [0.29, 0.717) is 17.0 Å². The van der Waals surface area contributed by atoms with Crippen molar-refractivity contribution in [3.63, 3.8) is 0 Å². The van der Waals surface area contributed by atoms with Crippen molar-refractivity contribution >= 4 is 28.8 Å².